The van der Waals surface area contributed by atoms with Crippen LogP contribution in [0.5, 0.6) is 11.5 Å². The van der Waals surface area contributed by atoms with E-state index < -0.39 is 0 Å². The van der Waals surface area contributed by atoms with Crippen LogP contribution < -0.4 is 14.8 Å². The van der Waals surface area contributed by atoms with E-state index in [0.29, 0.717) is 22.6 Å². The molecular weight excluding hydrogens is 290 g/mol. The van der Waals surface area contributed by atoms with Crippen LogP contribution >= 0.6 is 11.6 Å². The Hall–Kier alpha value is -1.72. The second-order valence-corrected chi connectivity index (χ2v) is 5.39. The van der Waals surface area contributed by atoms with Gasteiger partial charge in [-0.15, -0.1) is 0 Å². The number of nitrogens with zero attached hydrogens (tertiary/aromatic N) is 1. The standard InChI is InChI=1S/C15H20ClN3O2/c1-9(2)17-7-11-8-18-15(19-11)10-5-12(16)14(21-4)13(6-10)20-3/h5-6,8-9,17H,7H2,1-4H3,(H,18,19). The summed E-state index contributed by atoms with van der Waals surface area (Å²) >= 11 is 6.21. The second-order valence-electron chi connectivity index (χ2n) is 4.99. The van der Waals surface area contributed by atoms with Crippen molar-refractivity contribution in [2.75, 3.05) is 14.2 Å². The first-order chi connectivity index (χ1) is 10.0. The van der Waals surface area contributed by atoms with Crippen molar-refractivity contribution in [2.24, 2.45) is 0 Å². The Morgan fingerprint density at radius 3 is 2.67 bits per heavy atom. The van der Waals surface area contributed by atoms with Gasteiger partial charge in [0.2, 0.25) is 0 Å². The smallest absolute Gasteiger partial charge is 0.179 e. The highest BCUT2D eigenvalue weighted by molar-refractivity contribution is 6.32. The minimum atomic E-state index is 0.423. The molecule has 0 atom stereocenters. The molecule has 0 amide bonds. The third-order valence-corrected chi connectivity index (χ3v) is 3.32. The zero-order valence-electron chi connectivity index (χ0n) is 12.7. The maximum Gasteiger partial charge on any atom is 0.179 e. The molecule has 2 rings (SSSR count). The summed E-state index contributed by atoms with van der Waals surface area (Å²) in [5, 5.41) is 3.83. The molecule has 2 N–H and O–H groups in total. The van der Waals surface area contributed by atoms with Gasteiger partial charge >= 0.3 is 0 Å². The molecule has 0 aliphatic carbocycles. The highest BCUT2D eigenvalue weighted by atomic mass is 35.5. The highest BCUT2D eigenvalue weighted by Gasteiger charge is 2.13. The topological polar surface area (TPSA) is 59.2 Å². The lowest BCUT2D eigenvalue weighted by atomic mass is 10.2. The number of aromatic amines is 1. The quantitative estimate of drug-likeness (QED) is 0.860. The minimum Gasteiger partial charge on any atom is -0.493 e. The molecule has 0 aliphatic heterocycles. The van der Waals surface area contributed by atoms with Crippen molar-refractivity contribution in [3.05, 3.63) is 29.0 Å². The van der Waals surface area contributed by atoms with Crippen LogP contribution in [0, 0.1) is 0 Å². The van der Waals surface area contributed by atoms with Gasteiger partial charge in [-0.3, -0.25) is 0 Å². The third-order valence-electron chi connectivity index (χ3n) is 3.04. The average Bonchev–Trinajstić information content (AvgIpc) is 2.93. The summed E-state index contributed by atoms with van der Waals surface area (Å²) in [6.45, 7) is 4.95. The van der Waals surface area contributed by atoms with Gasteiger partial charge in [0.05, 0.1) is 19.2 Å². The number of halogens is 1. The number of rotatable bonds is 6. The molecule has 1 aromatic heterocycles. The fourth-order valence-electron chi connectivity index (χ4n) is 1.96. The summed E-state index contributed by atoms with van der Waals surface area (Å²) < 4.78 is 10.5. The van der Waals surface area contributed by atoms with Gasteiger partial charge in [0, 0.05) is 30.0 Å². The van der Waals surface area contributed by atoms with Crippen molar-refractivity contribution < 1.29 is 9.47 Å². The van der Waals surface area contributed by atoms with E-state index in [-0.39, 0.29) is 0 Å². The third kappa shape index (κ3) is 3.68. The molecule has 0 saturated carbocycles. The van der Waals surface area contributed by atoms with Crippen LogP contribution in [0.3, 0.4) is 0 Å². The maximum absolute atomic E-state index is 6.21. The number of ether oxygens (including phenoxy) is 2. The average molecular weight is 310 g/mol. The van der Waals surface area contributed by atoms with Crippen molar-refractivity contribution in [1.82, 2.24) is 15.3 Å². The number of hydrogen-bond acceptors (Lipinski definition) is 4. The molecule has 2 aromatic rings. The van der Waals surface area contributed by atoms with Crippen molar-refractivity contribution >= 4 is 11.6 Å². The Morgan fingerprint density at radius 1 is 1.29 bits per heavy atom. The summed E-state index contributed by atoms with van der Waals surface area (Å²) in [4.78, 5) is 7.66. The van der Waals surface area contributed by atoms with E-state index >= 15 is 0 Å². The molecule has 0 spiro atoms. The van der Waals surface area contributed by atoms with Crippen LogP contribution in [0.25, 0.3) is 11.4 Å². The van der Waals surface area contributed by atoms with Gasteiger partial charge in [0.25, 0.3) is 0 Å². The van der Waals surface area contributed by atoms with Crippen LogP contribution in [0.15, 0.2) is 18.3 Å². The molecule has 0 fully saturated rings. The molecule has 21 heavy (non-hydrogen) atoms. The molecule has 5 nitrogen and oxygen atoms in total. The number of H-pyrrole nitrogens is 1. The van der Waals surface area contributed by atoms with E-state index in [1.165, 1.54) is 0 Å². The predicted octanol–water partition coefficient (Wildman–Crippen LogP) is 3.25. The van der Waals surface area contributed by atoms with Gasteiger partial charge in [-0.05, 0) is 12.1 Å². The minimum absolute atomic E-state index is 0.423. The molecular formula is C15H20ClN3O2. The summed E-state index contributed by atoms with van der Waals surface area (Å²) in [6, 6.07) is 4.08. The van der Waals surface area contributed by atoms with Crippen LogP contribution in [0.2, 0.25) is 5.02 Å². The summed E-state index contributed by atoms with van der Waals surface area (Å²) in [5.74, 6) is 1.85. The zero-order chi connectivity index (χ0) is 15.4. The number of nitrogens with one attached hydrogen (secondary N) is 2. The summed E-state index contributed by atoms with van der Waals surface area (Å²) in [7, 11) is 3.14. The predicted molar refractivity (Wildman–Crippen MR) is 84.1 cm³/mol. The number of benzene rings is 1. The van der Waals surface area contributed by atoms with Crippen LogP contribution in [-0.4, -0.2) is 30.2 Å². The van der Waals surface area contributed by atoms with E-state index in [1.54, 1.807) is 20.3 Å². The molecule has 0 bridgehead atoms. The van der Waals surface area contributed by atoms with E-state index in [0.717, 1.165) is 23.6 Å². The first kappa shape index (κ1) is 15.7. The summed E-state index contributed by atoms with van der Waals surface area (Å²) in [6.07, 6.45) is 1.81. The number of methoxy groups -OCH3 is 2. The van der Waals surface area contributed by atoms with E-state index in [1.807, 2.05) is 12.3 Å². The molecule has 0 aliphatic rings. The Balaban J connectivity index is 2.28. The van der Waals surface area contributed by atoms with Crippen LogP contribution in [0.4, 0.5) is 0 Å². The van der Waals surface area contributed by atoms with E-state index in [2.05, 4.69) is 29.1 Å². The molecule has 0 saturated heterocycles. The monoisotopic (exact) mass is 309 g/mol. The van der Waals surface area contributed by atoms with Gasteiger partial charge in [-0.25, -0.2) is 4.98 Å². The number of imidazole rings is 1. The van der Waals surface area contributed by atoms with E-state index in [4.69, 9.17) is 21.1 Å². The van der Waals surface area contributed by atoms with E-state index in [9.17, 15) is 0 Å². The van der Waals surface area contributed by atoms with Gasteiger partial charge in [0.1, 0.15) is 5.82 Å². The van der Waals surface area contributed by atoms with Gasteiger partial charge in [0.15, 0.2) is 11.5 Å². The lowest BCUT2D eigenvalue weighted by Crippen LogP contribution is -2.21. The van der Waals surface area contributed by atoms with Crippen molar-refractivity contribution in [3.63, 3.8) is 0 Å². The molecule has 6 heteroatoms. The Morgan fingerprint density at radius 2 is 2.05 bits per heavy atom. The first-order valence-corrected chi connectivity index (χ1v) is 7.12. The molecule has 1 heterocycles. The fourth-order valence-corrected chi connectivity index (χ4v) is 2.25. The molecule has 0 radical (unpaired) electrons. The molecule has 114 valence electrons. The lowest BCUT2D eigenvalue weighted by Gasteiger charge is -2.10. The Kier molecular flexibility index (Phi) is 5.09. The van der Waals surface area contributed by atoms with Crippen LogP contribution in [-0.2, 0) is 6.54 Å². The zero-order valence-corrected chi connectivity index (χ0v) is 13.4. The Labute approximate surface area is 129 Å². The van der Waals surface area contributed by atoms with Gasteiger partial charge in [-0.1, -0.05) is 25.4 Å². The fraction of sp³-hybridized carbons (Fsp3) is 0.400. The highest BCUT2D eigenvalue weighted by Crippen LogP contribution is 2.38. The number of aromatic nitrogens is 2. The van der Waals surface area contributed by atoms with Gasteiger partial charge in [-0.2, -0.15) is 0 Å². The maximum atomic E-state index is 6.21. The summed E-state index contributed by atoms with van der Waals surface area (Å²) in [5.41, 5.74) is 1.87. The molecule has 0 unspecified atom stereocenters. The van der Waals surface area contributed by atoms with Crippen LogP contribution in [0.1, 0.15) is 19.5 Å². The lowest BCUT2D eigenvalue weighted by molar-refractivity contribution is 0.355. The van der Waals surface area contributed by atoms with Gasteiger partial charge < -0.3 is 19.8 Å². The van der Waals surface area contributed by atoms with Crippen molar-refractivity contribution in [1.29, 1.82) is 0 Å². The second kappa shape index (κ2) is 6.83. The van der Waals surface area contributed by atoms with Crippen molar-refractivity contribution in [2.45, 2.75) is 26.4 Å². The Bertz CT molecular complexity index is 611. The molecule has 1 aromatic carbocycles. The first-order valence-electron chi connectivity index (χ1n) is 6.74. The largest absolute Gasteiger partial charge is 0.493 e. The van der Waals surface area contributed by atoms with Crippen molar-refractivity contribution in [3.8, 4) is 22.9 Å². The normalized spacial score (nSPS) is 11.0. The number of hydrogen-bond donors (Lipinski definition) is 2. The SMILES string of the molecule is COc1cc(-c2ncc(CNC(C)C)[nH]2)cc(Cl)c1OC.